The van der Waals surface area contributed by atoms with Crippen LogP contribution < -0.4 is 10.0 Å². The van der Waals surface area contributed by atoms with Crippen molar-refractivity contribution in [3.8, 4) is 0 Å². The molecule has 0 unspecified atom stereocenters. The highest BCUT2D eigenvalue weighted by atomic mass is 32.2. The molecule has 0 spiro atoms. The molecule has 0 aliphatic rings. The lowest BCUT2D eigenvalue weighted by molar-refractivity contribution is 0.0932. The van der Waals surface area contributed by atoms with Crippen molar-refractivity contribution in [2.75, 3.05) is 7.05 Å². The number of aromatic nitrogens is 1. The second kappa shape index (κ2) is 6.00. The number of sulfonamides is 1. The van der Waals surface area contributed by atoms with Gasteiger partial charge in [-0.25, -0.2) is 13.1 Å². The molecule has 6 nitrogen and oxygen atoms in total. The largest absolute Gasteiger partial charge is 0.345 e. The standard InChI is InChI=1S/C13H17N3O3S2/c1-9(12-5-4-6-20-12)15-13(17)11-7-10(8-16(11)3)21(18,19)14-2/h4-9,14H,1-3H3,(H,15,17)/t9-/m1/s1. The first kappa shape index (κ1) is 15.7. The summed E-state index contributed by atoms with van der Waals surface area (Å²) in [6, 6.07) is 5.10. The van der Waals surface area contributed by atoms with Gasteiger partial charge < -0.3 is 9.88 Å². The normalized spacial score (nSPS) is 13.1. The molecule has 2 N–H and O–H groups in total. The van der Waals surface area contributed by atoms with E-state index in [1.165, 1.54) is 23.9 Å². The lowest BCUT2D eigenvalue weighted by Crippen LogP contribution is -2.27. The number of aryl methyl sites for hydroxylation is 1. The molecular weight excluding hydrogens is 310 g/mol. The minimum Gasteiger partial charge on any atom is -0.345 e. The van der Waals surface area contributed by atoms with Gasteiger partial charge in [-0.05, 0) is 31.5 Å². The summed E-state index contributed by atoms with van der Waals surface area (Å²) in [4.78, 5) is 13.4. The van der Waals surface area contributed by atoms with Gasteiger partial charge in [0, 0.05) is 18.1 Å². The molecule has 0 radical (unpaired) electrons. The van der Waals surface area contributed by atoms with Crippen LogP contribution in [-0.2, 0) is 17.1 Å². The Labute approximate surface area is 127 Å². The van der Waals surface area contributed by atoms with Gasteiger partial charge in [-0.1, -0.05) is 6.07 Å². The zero-order valence-corrected chi connectivity index (χ0v) is 13.6. The maximum absolute atomic E-state index is 12.3. The monoisotopic (exact) mass is 327 g/mol. The molecule has 2 aromatic heterocycles. The molecule has 0 aliphatic carbocycles. The van der Waals surface area contributed by atoms with E-state index in [0.717, 1.165) is 4.88 Å². The molecular formula is C13H17N3O3S2. The summed E-state index contributed by atoms with van der Waals surface area (Å²) in [7, 11) is -0.581. The van der Waals surface area contributed by atoms with Crippen LogP contribution in [0.1, 0.15) is 28.3 Å². The van der Waals surface area contributed by atoms with Crippen LogP contribution in [0.4, 0.5) is 0 Å². The molecule has 0 bridgehead atoms. The summed E-state index contributed by atoms with van der Waals surface area (Å²) in [6.07, 6.45) is 1.41. The van der Waals surface area contributed by atoms with Crippen molar-refractivity contribution in [2.45, 2.75) is 17.9 Å². The van der Waals surface area contributed by atoms with Gasteiger partial charge in [0.2, 0.25) is 10.0 Å². The summed E-state index contributed by atoms with van der Waals surface area (Å²) < 4.78 is 27.2. The van der Waals surface area contributed by atoms with Gasteiger partial charge in [0.1, 0.15) is 10.6 Å². The smallest absolute Gasteiger partial charge is 0.268 e. The first-order chi connectivity index (χ1) is 9.85. The summed E-state index contributed by atoms with van der Waals surface area (Å²) in [5.41, 5.74) is 0.298. The lowest BCUT2D eigenvalue weighted by atomic mass is 10.2. The Morgan fingerprint density at radius 3 is 2.71 bits per heavy atom. The molecule has 8 heteroatoms. The molecule has 1 atom stereocenters. The molecule has 0 saturated carbocycles. The highest BCUT2D eigenvalue weighted by Crippen LogP contribution is 2.19. The number of thiophene rings is 1. The maximum Gasteiger partial charge on any atom is 0.268 e. The fourth-order valence-electron chi connectivity index (χ4n) is 1.90. The maximum atomic E-state index is 12.3. The first-order valence-corrected chi connectivity index (χ1v) is 8.65. The van der Waals surface area contributed by atoms with Gasteiger partial charge in [0.15, 0.2) is 0 Å². The number of nitrogens with one attached hydrogen (secondary N) is 2. The van der Waals surface area contributed by atoms with Crippen LogP contribution in [0.3, 0.4) is 0 Å². The van der Waals surface area contributed by atoms with Gasteiger partial charge in [0.05, 0.1) is 6.04 Å². The van der Waals surface area contributed by atoms with Gasteiger partial charge in [-0.3, -0.25) is 4.79 Å². The fourth-order valence-corrected chi connectivity index (χ4v) is 3.44. The number of hydrogen-bond acceptors (Lipinski definition) is 4. The minimum atomic E-state index is -3.55. The second-order valence-electron chi connectivity index (χ2n) is 4.59. The zero-order valence-electron chi connectivity index (χ0n) is 12.0. The van der Waals surface area contributed by atoms with Crippen molar-refractivity contribution in [1.82, 2.24) is 14.6 Å². The first-order valence-electron chi connectivity index (χ1n) is 6.29. The Morgan fingerprint density at radius 1 is 1.43 bits per heavy atom. The topological polar surface area (TPSA) is 80.2 Å². The summed E-state index contributed by atoms with van der Waals surface area (Å²) in [5, 5.41) is 4.80. The summed E-state index contributed by atoms with van der Waals surface area (Å²) in [5.74, 6) is -0.309. The third-order valence-corrected chi connectivity index (χ3v) is 5.55. The van der Waals surface area contributed by atoms with E-state index >= 15 is 0 Å². The number of carbonyl (C=O) groups is 1. The van der Waals surface area contributed by atoms with Crippen molar-refractivity contribution >= 4 is 27.3 Å². The van der Waals surface area contributed by atoms with Gasteiger partial charge >= 0.3 is 0 Å². The quantitative estimate of drug-likeness (QED) is 0.873. The Balaban J connectivity index is 2.20. The van der Waals surface area contributed by atoms with Crippen LogP contribution in [0, 0.1) is 0 Å². The van der Waals surface area contributed by atoms with Crippen LogP contribution >= 0.6 is 11.3 Å². The highest BCUT2D eigenvalue weighted by molar-refractivity contribution is 7.89. The third-order valence-electron chi connectivity index (χ3n) is 3.11. The number of hydrogen-bond donors (Lipinski definition) is 2. The molecule has 0 fully saturated rings. The average molecular weight is 327 g/mol. The number of carbonyl (C=O) groups excluding carboxylic acids is 1. The van der Waals surface area contributed by atoms with Crippen LogP contribution in [0.15, 0.2) is 34.7 Å². The van der Waals surface area contributed by atoms with E-state index in [1.807, 2.05) is 24.4 Å². The highest BCUT2D eigenvalue weighted by Gasteiger charge is 2.20. The van der Waals surface area contributed by atoms with Crippen LogP contribution in [0.25, 0.3) is 0 Å². The van der Waals surface area contributed by atoms with E-state index in [9.17, 15) is 13.2 Å². The molecule has 0 aromatic carbocycles. The van der Waals surface area contributed by atoms with Gasteiger partial charge in [-0.2, -0.15) is 0 Å². The van der Waals surface area contributed by atoms with E-state index in [0.29, 0.717) is 5.69 Å². The summed E-state index contributed by atoms with van der Waals surface area (Å²) >= 11 is 1.56. The Kier molecular flexibility index (Phi) is 4.50. The lowest BCUT2D eigenvalue weighted by Gasteiger charge is -2.12. The van der Waals surface area contributed by atoms with Crippen molar-refractivity contribution in [3.05, 3.63) is 40.3 Å². The fraction of sp³-hybridized carbons (Fsp3) is 0.308. The van der Waals surface area contributed by atoms with E-state index in [4.69, 9.17) is 0 Å². The molecule has 2 aromatic rings. The number of nitrogens with zero attached hydrogens (tertiary/aromatic N) is 1. The molecule has 1 amide bonds. The zero-order chi connectivity index (χ0) is 15.6. The van der Waals surface area contributed by atoms with E-state index < -0.39 is 10.0 Å². The molecule has 2 rings (SSSR count). The van der Waals surface area contributed by atoms with Gasteiger partial charge in [0.25, 0.3) is 5.91 Å². The van der Waals surface area contributed by atoms with Crippen LogP contribution in [-0.4, -0.2) is 25.9 Å². The molecule has 21 heavy (non-hydrogen) atoms. The van der Waals surface area contributed by atoms with Crippen LogP contribution in [0.2, 0.25) is 0 Å². The Morgan fingerprint density at radius 2 is 2.14 bits per heavy atom. The number of rotatable bonds is 5. The van der Waals surface area contributed by atoms with Gasteiger partial charge in [-0.15, -0.1) is 11.3 Å². The third kappa shape index (κ3) is 3.34. The van der Waals surface area contributed by atoms with Crippen molar-refractivity contribution in [3.63, 3.8) is 0 Å². The van der Waals surface area contributed by atoms with E-state index in [1.54, 1.807) is 18.4 Å². The SMILES string of the molecule is CNS(=O)(=O)c1cc(C(=O)N[C@H](C)c2cccs2)n(C)c1. The molecule has 0 saturated heterocycles. The predicted molar refractivity (Wildman–Crippen MR) is 81.9 cm³/mol. The Hall–Kier alpha value is -1.64. The summed E-state index contributed by atoms with van der Waals surface area (Å²) in [6.45, 7) is 1.89. The average Bonchev–Trinajstić information content (AvgIpc) is 3.07. The molecule has 114 valence electrons. The minimum absolute atomic E-state index is 0.0708. The van der Waals surface area contributed by atoms with Crippen molar-refractivity contribution in [2.24, 2.45) is 7.05 Å². The van der Waals surface area contributed by atoms with Crippen molar-refractivity contribution in [1.29, 1.82) is 0 Å². The van der Waals surface area contributed by atoms with E-state index in [-0.39, 0.29) is 16.8 Å². The van der Waals surface area contributed by atoms with Crippen molar-refractivity contribution < 1.29 is 13.2 Å². The van der Waals surface area contributed by atoms with E-state index in [2.05, 4.69) is 10.0 Å². The molecule has 0 aliphatic heterocycles. The second-order valence-corrected chi connectivity index (χ2v) is 7.46. The Bertz CT molecular complexity index is 733. The predicted octanol–water partition coefficient (Wildman–Crippen LogP) is 1.49. The number of amides is 1. The van der Waals surface area contributed by atoms with Crippen LogP contribution in [0.5, 0.6) is 0 Å². The molecule has 2 heterocycles.